The predicted molar refractivity (Wildman–Crippen MR) is 124 cm³/mol. The number of hydrogen-bond donors (Lipinski definition) is 2. The van der Waals surface area contributed by atoms with Gasteiger partial charge in [-0.25, -0.2) is 9.59 Å². The number of carbonyl (C=O) groups excluding carboxylic acids is 3. The van der Waals surface area contributed by atoms with Gasteiger partial charge in [0.2, 0.25) is 0 Å². The fourth-order valence-electron chi connectivity index (χ4n) is 2.99. The lowest BCUT2D eigenvalue weighted by atomic mass is 9.86. The van der Waals surface area contributed by atoms with E-state index in [-0.39, 0.29) is 24.3 Å². The summed E-state index contributed by atoms with van der Waals surface area (Å²) in [6, 6.07) is 4.09. The third kappa shape index (κ3) is 11.1. The minimum atomic E-state index is -1.81. The molecule has 0 saturated heterocycles. The van der Waals surface area contributed by atoms with E-state index in [1.165, 1.54) is 32.0 Å². The van der Waals surface area contributed by atoms with Gasteiger partial charge in [-0.15, -0.1) is 0 Å². The number of carboxylic acids is 1. The zero-order valence-corrected chi connectivity index (χ0v) is 21.4. The molecule has 11 nitrogen and oxygen atoms in total. The van der Waals surface area contributed by atoms with E-state index in [1.807, 2.05) is 0 Å². The Bertz CT molecular complexity index is 945. The highest BCUT2D eigenvalue weighted by atomic mass is 16.8. The Balaban J connectivity index is 3.28. The predicted octanol–water partition coefficient (Wildman–Crippen LogP) is 3.98. The standard InChI is InChI=1S/C24H35NO10/c1-14(31-15(2)26)12-24(25,19(27)28)13-16-9-10-17(32-20(29)34-22(3,4)5)18(11-16)33-21(30)35-23(6,7)8/h9-11,14H,12-13,25H2,1-8H3,(H,27,28)/t14-,24?/m0/s1. The number of nitrogens with two attached hydrogens (primary N) is 1. The van der Waals surface area contributed by atoms with Gasteiger partial charge in [-0.1, -0.05) is 6.07 Å². The maximum atomic E-state index is 12.3. The van der Waals surface area contributed by atoms with Gasteiger partial charge in [0.05, 0.1) is 0 Å². The van der Waals surface area contributed by atoms with Gasteiger partial charge >= 0.3 is 24.2 Å². The number of esters is 1. The molecule has 0 heterocycles. The normalized spacial score (nSPS) is 14.2. The summed E-state index contributed by atoms with van der Waals surface area (Å²) in [4.78, 5) is 47.6. The molecule has 196 valence electrons. The monoisotopic (exact) mass is 497 g/mol. The molecule has 1 rings (SSSR count). The van der Waals surface area contributed by atoms with Crippen LogP contribution in [0.5, 0.6) is 11.5 Å². The molecule has 0 saturated carbocycles. The van der Waals surface area contributed by atoms with Crippen LogP contribution in [0, 0.1) is 0 Å². The van der Waals surface area contributed by atoms with Gasteiger partial charge in [-0.2, -0.15) is 0 Å². The van der Waals surface area contributed by atoms with E-state index < -0.39 is 47.1 Å². The molecule has 11 heteroatoms. The number of hydrogen-bond acceptors (Lipinski definition) is 10. The summed E-state index contributed by atoms with van der Waals surface area (Å²) in [5.41, 5.74) is 2.99. The molecule has 35 heavy (non-hydrogen) atoms. The van der Waals surface area contributed by atoms with Crippen molar-refractivity contribution in [3.63, 3.8) is 0 Å². The second-order valence-electron chi connectivity index (χ2n) is 10.2. The van der Waals surface area contributed by atoms with Gasteiger partial charge in [0.25, 0.3) is 0 Å². The highest BCUT2D eigenvalue weighted by Crippen LogP contribution is 2.32. The van der Waals surface area contributed by atoms with Gasteiger partial charge in [0.1, 0.15) is 22.8 Å². The van der Waals surface area contributed by atoms with Crippen LogP contribution >= 0.6 is 0 Å². The molecule has 1 aromatic rings. The van der Waals surface area contributed by atoms with Crippen molar-refractivity contribution < 1.29 is 48.0 Å². The van der Waals surface area contributed by atoms with Crippen molar-refractivity contribution in [3.8, 4) is 11.5 Å². The Morgan fingerprint density at radius 2 is 1.40 bits per heavy atom. The van der Waals surface area contributed by atoms with Crippen LogP contribution in [0.3, 0.4) is 0 Å². The third-order valence-electron chi connectivity index (χ3n) is 4.14. The molecule has 1 aromatic carbocycles. The van der Waals surface area contributed by atoms with E-state index >= 15 is 0 Å². The van der Waals surface area contributed by atoms with E-state index in [1.54, 1.807) is 41.5 Å². The highest BCUT2D eigenvalue weighted by molar-refractivity contribution is 5.79. The lowest BCUT2D eigenvalue weighted by molar-refractivity contribution is -0.151. The van der Waals surface area contributed by atoms with Crippen molar-refractivity contribution in [3.05, 3.63) is 23.8 Å². The first kappa shape index (κ1) is 29.7. The van der Waals surface area contributed by atoms with Crippen LogP contribution in [0.15, 0.2) is 18.2 Å². The van der Waals surface area contributed by atoms with Crippen molar-refractivity contribution >= 4 is 24.2 Å². The minimum absolute atomic E-state index is 0.153. The summed E-state index contributed by atoms with van der Waals surface area (Å²) in [7, 11) is 0. The second kappa shape index (κ2) is 11.4. The van der Waals surface area contributed by atoms with Crippen molar-refractivity contribution in [1.82, 2.24) is 0 Å². The van der Waals surface area contributed by atoms with Crippen molar-refractivity contribution in [1.29, 1.82) is 0 Å². The first-order chi connectivity index (χ1) is 15.8. The molecule has 3 N–H and O–H groups in total. The Kier molecular flexibility index (Phi) is 9.66. The molecular formula is C24H35NO10. The highest BCUT2D eigenvalue weighted by Gasteiger charge is 2.37. The molecule has 0 amide bonds. The quantitative estimate of drug-likeness (QED) is 0.303. The average Bonchev–Trinajstić information content (AvgIpc) is 2.59. The van der Waals surface area contributed by atoms with Crippen LogP contribution in [0.2, 0.25) is 0 Å². The van der Waals surface area contributed by atoms with Crippen LogP contribution < -0.4 is 15.2 Å². The molecular weight excluding hydrogens is 462 g/mol. The summed E-state index contributed by atoms with van der Waals surface area (Å²) in [5.74, 6) is -2.24. The van der Waals surface area contributed by atoms with Gasteiger partial charge in [0, 0.05) is 19.8 Å². The number of carbonyl (C=O) groups is 4. The Morgan fingerprint density at radius 3 is 1.83 bits per heavy atom. The van der Waals surface area contributed by atoms with Crippen LogP contribution in [0.4, 0.5) is 9.59 Å². The van der Waals surface area contributed by atoms with E-state index in [0.29, 0.717) is 5.56 Å². The average molecular weight is 498 g/mol. The first-order valence-electron chi connectivity index (χ1n) is 10.9. The molecule has 0 aliphatic rings. The largest absolute Gasteiger partial charge is 0.514 e. The van der Waals surface area contributed by atoms with Gasteiger partial charge in [-0.05, 0) is 66.2 Å². The molecule has 0 fully saturated rings. The minimum Gasteiger partial charge on any atom is -0.480 e. The molecule has 0 aliphatic heterocycles. The Hall–Kier alpha value is -3.34. The summed E-state index contributed by atoms with van der Waals surface area (Å²) in [5, 5.41) is 9.74. The third-order valence-corrected chi connectivity index (χ3v) is 4.14. The van der Waals surface area contributed by atoms with Crippen molar-refractivity contribution in [2.24, 2.45) is 5.73 Å². The summed E-state index contributed by atoms with van der Waals surface area (Å²) < 4.78 is 25.7. The summed E-state index contributed by atoms with van der Waals surface area (Å²) in [6.45, 7) is 12.6. The van der Waals surface area contributed by atoms with Crippen LogP contribution in [-0.2, 0) is 30.2 Å². The number of carboxylic acid groups (broad SMARTS) is 1. The SMILES string of the molecule is CC(=O)O[C@@H](C)CC(N)(Cc1ccc(OC(=O)OC(C)(C)C)c(OC(=O)OC(C)(C)C)c1)C(=O)O. The number of ether oxygens (including phenoxy) is 5. The maximum absolute atomic E-state index is 12.3. The van der Waals surface area contributed by atoms with Crippen LogP contribution in [-0.4, -0.2) is 52.2 Å². The molecule has 0 bridgehead atoms. The maximum Gasteiger partial charge on any atom is 0.514 e. The number of aliphatic carboxylic acids is 1. The summed E-state index contributed by atoms with van der Waals surface area (Å²) >= 11 is 0. The Labute approximate surface area is 204 Å². The molecule has 0 radical (unpaired) electrons. The Morgan fingerprint density at radius 1 is 0.914 bits per heavy atom. The smallest absolute Gasteiger partial charge is 0.480 e. The lowest BCUT2D eigenvalue weighted by Crippen LogP contribution is -2.52. The number of benzene rings is 1. The molecule has 0 aliphatic carbocycles. The topological polar surface area (TPSA) is 161 Å². The lowest BCUT2D eigenvalue weighted by Gasteiger charge is -2.28. The fraction of sp³-hybridized carbons (Fsp3) is 0.583. The van der Waals surface area contributed by atoms with E-state index in [4.69, 9.17) is 29.4 Å². The first-order valence-corrected chi connectivity index (χ1v) is 10.9. The van der Waals surface area contributed by atoms with Gasteiger partial charge in [0.15, 0.2) is 11.5 Å². The van der Waals surface area contributed by atoms with Gasteiger partial charge in [-0.3, -0.25) is 9.59 Å². The fourth-order valence-corrected chi connectivity index (χ4v) is 2.99. The zero-order chi connectivity index (χ0) is 27.2. The van der Waals surface area contributed by atoms with Crippen molar-refractivity contribution in [2.75, 3.05) is 0 Å². The van der Waals surface area contributed by atoms with E-state index in [9.17, 15) is 24.3 Å². The van der Waals surface area contributed by atoms with Crippen molar-refractivity contribution in [2.45, 2.75) is 91.1 Å². The molecule has 2 atom stereocenters. The van der Waals surface area contributed by atoms with E-state index in [0.717, 1.165) is 0 Å². The molecule has 1 unspecified atom stereocenters. The second-order valence-corrected chi connectivity index (χ2v) is 10.2. The number of rotatable bonds is 8. The summed E-state index contributed by atoms with van der Waals surface area (Å²) in [6.07, 6.45) is -3.26. The van der Waals surface area contributed by atoms with E-state index in [2.05, 4.69) is 0 Å². The molecule has 0 spiro atoms. The van der Waals surface area contributed by atoms with Crippen LogP contribution in [0.1, 0.15) is 67.4 Å². The zero-order valence-electron chi connectivity index (χ0n) is 21.4. The van der Waals surface area contributed by atoms with Gasteiger partial charge < -0.3 is 34.5 Å². The van der Waals surface area contributed by atoms with Crippen LogP contribution in [0.25, 0.3) is 0 Å². The molecule has 0 aromatic heterocycles.